The fourth-order valence-electron chi connectivity index (χ4n) is 4.88. The summed E-state index contributed by atoms with van der Waals surface area (Å²) in [7, 11) is -3.58. The van der Waals surface area contributed by atoms with Gasteiger partial charge in [-0.25, -0.2) is 8.42 Å². The molecule has 1 saturated heterocycles. The van der Waals surface area contributed by atoms with Crippen LogP contribution in [0.4, 0.5) is 17.1 Å². The average Bonchev–Trinajstić information content (AvgIpc) is 3.22. The molecule has 210 valence electrons. The Morgan fingerprint density at radius 1 is 0.947 bits per heavy atom. The second kappa shape index (κ2) is 14.1. The number of aromatic nitrogens is 1. The molecule has 1 aliphatic carbocycles. The highest BCUT2D eigenvalue weighted by atomic mass is 32.2. The van der Waals surface area contributed by atoms with Crippen molar-refractivity contribution in [3.63, 3.8) is 0 Å². The standard InChI is InChI=1S/C26H39N5O6S/c32-25-23(24(26(25)33)29-21-11-14-27-15-12-21)28-13-7-3-4-8-20-38(34,35)31(22-9-5-1-2-6-10-22)37-30-16-18-36-19-17-30/h11-12,14-15,22,28H,1-10,13,16-20H2,(H,27,29). The molecule has 0 radical (unpaired) electrons. The largest absolute Gasteiger partial charge is 0.380 e. The lowest BCUT2D eigenvalue weighted by Gasteiger charge is -2.34. The highest BCUT2D eigenvalue weighted by Gasteiger charge is 2.34. The number of sulfonamides is 1. The van der Waals surface area contributed by atoms with Gasteiger partial charge in [-0.05, 0) is 37.8 Å². The van der Waals surface area contributed by atoms with Crippen molar-refractivity contribution in [2.75, 3.05) is 49.2 Å². The molecule has 0 amide bonds. The first kappa shape index (κ1) is 28.6. The minimum absolute atomic E-state index is 0.0411. The number of rotatable bonds is 14. The van der Waals surface area contributed by atoms with Crippen molar-refractivity contribution in [2.24, 2.45) is 0 Å². The molecule has 1 saturated carbocycles. The number of morpholine rings is 1. The molecule has 1 aromatic heterocycles. The second-order valence-electron chi connectivity index (χ2n) is 9.95. The van der Waals surface area contributed by atoms with Gasteiger partial charge in [-0.15, -0.1) is 0 Å². The van der Waals surface area contributed by atoms with Crippen LogP contribution >= 0.6 is 0 Å². The predicted octanol–water partition coefficient (Wildman–Crippen LogP) is 2.93. The third-order valence-electron chi connectivity index (χ3n) is 7.05. The Bertz CT molecular complexity index is 1170. The number of ether oxygens (including phenoxy) is 1. The van der Waals surface area contributed by atoms with E-state index in [-0.39, 0.29) is 17.5 Å². The molecule has 38 heavy (non-hydrogen) atoms. The van der Waals surface area contributed by atoms with Crippen molar-refractivity contribution >= 4 is 27.1 Å². The Balaban J connectivity index is 1.21. The van der Waals surface area contributed by atoms with Crippen molar-refractivity contribution in [1.82, 2.24) is 14.5 Å². The number of hydrogen-bond donors (Lipinski definition) is 2. The molecule has 4 rings (SSSR count). The van der Waals surface area contributed by atoms with Gasteiger partial charge in [0, 0.05) is 37.7 Å². The van der Waals surface area contributed by atoms with Crippen LogP contribution in [0.15, 0.2) is 34.1 Å². The van der Waals surface area contributed by atoms with E-state index in [4.69, 9.17) is 9.68 Å². The van der Waals surface area contributed by atoms with Crippen molar-refractivity contribution < 1.29 is 18.1 Å². The highest BCUT2D eigenvalue weighted by molar-refractivity contribution is 7.88. The lowest BCUT2D eigenvalue weighted by molar-refractivity contribution is -0.311. The van der Waals surface area contributed by atoms with Crippen LogP contribution in [0.25, 0.3) is 0 Å². The number of pyridine rings is 1. The Kier molecular flexibility index (Phi) is 10.6. The zero-order valence-corrected chi connectivity index (χ0v) is 22.7. The quantitative estimate of drug-likeness (QED) is 0.157. The van der Waals surface area contributed by atoms with Crippen LogP contribution in [-0.2, 0) is 19.7 Å². The fraction of sp³-hybridized carbons (Fsp3) is 0.654. The monoisotopic (exact) mass is 549 g/mol. The average molecular weight is 550 g/mol. The molecule has 11 nitrogen and oxygen atoms in total. The molecule has 0 bridgehead atoms. The number of unbranched alkanes of at least 4 members (excludes halogenated alkanes) is 3. The molecular weight excluding hydrogens is 510 g/mol. The van der Waals surface area contributed by atoms with Crippen LogP contribution in [0.5, 0.6) is 0 Å². The van der Waals surface area contributed by atoms with Crippen molar-refractivity contribution in [1.29, 1.82) is 0 Å². The highest BCUT2D eigenvalue weighted by Crippen LogP contribution is 2.26. The molecule has 2 aliphatic rings. The minimum Gasteiger partial charge on any atom is -0.380 e. The Hall–Kier alpha value is -2.38. The molecule has 2 fully saturated rings. The maximum atomic E-state index is 13.3. The summed E-state index contributed by atoms with van der Waals surface area (Å²) in [5, 5.41) is 7.73. The van der Waals surface area contributed by atoms with E-state index in [2.05, 4.69) is 15.6 Å². The van der Waals surface area contributed by atoms with Gasteiger partial charge in [-0.1, -0.05) is 43.0 Å². The second-order valence-corrected chi connectivity index (χ2v) is 11.9. The molecule has 0 atom stereocenters. The third-order valence-corrected chi connectivity index (χ3v) is 8.77. The molecule has 0 unspecified atom stereocenters. The van der Waals surface area contributed by atoms with E-state index < -0.39 is 20.9 Å². The summed E-state index contributed by atoms with van der Waals surface area (Å²) in [4.78, 5) is 33.8. The third kappa shape index (κ3) is 7.82. The van der Waals surface area contributed by atoms with Crippen LogP contribution in [0.2, 0.25) is 0 Å². The first-order valence-corrected chi connectivity index (χ1v) is 15.3. The molecular formula is C26H39N5O6S. The van der Waals surface area contributed by atoms with Crippen LogP contribution in [0.3, 0.4) is 0 Å². The van der Waals surface area contributed by atoms with Crippen molar-refractivity contribution in [3.8, 4) is 0 Å². The lowest BCUT2D eigenvalue weighted by atomic mass is 10.1. The van der Waals surface area contributed by atoms with Crippen LogP contribution in [0.1, 0.15) is 64.2 Å². The molecule has 0 spiro atoms. The van der Waals surface area contributed by atoms with E-state index in [1.807, 2.05) is 0 Å². The maximum absolute atomic E-state index is 13.3. The van der Waals surface area contributed by atoms with Gasteiger partial charge in [0.1, 0.15) is 11.4 Å². The molecule has 1 aliphatic heterocycles. The van der Waals surface area contributed by atoms with Gasteiger partial charge in [-0.2, -0.15) is 10.0 Å². The van der Waals surface area contributed by atoms with Crippen LogP contribution in [0, 0.1) is 0 Å². The summed E-state index contributed by atoms with van der Waals surface area (Å²) in [6.45, 7) is 2.69. The van der Waals surface area contributed by atoms with E-state index in [9.17, 15) is 18.0 Å². The smallest absolute Gasteiger partial charge is 0.253 e. The summed E-state index contributed by atoms with van der Waals surface area (Å²) in [5.41, 5.74) is 0.199. The summed E-state index contributed by atoms with van der Waals surface area (Å²) in [6, 6.07) is 3.32. The summed E-state index contributed by atoms with van der Waals surface area (Å²) in [5.74, 6) is 0.0411. The van der Waals surface area contributed by atoms with Gasteiger partial charge in [-0.3, -0.25) is 14.6 Å². The SMILES string of the molecule is O=c1c(NCCCCCCS(=O)(=O)N(ON2CCOCC2)C2CCCCCC2)c(Nc2ccncc2)c1=O. The number of hydroxylamine groups is 3. The summed E-state index contributed by atoms with van der Waals surface area (Å²) < 4.78 is 33.4. The number of anilines is 3. The first-order valence-electron chi connectivity index (χ1n) is 13.7. The zero-order valence-electron chi connectivity index (χ0n) is 21.9. The Morgan fingerprint density at radius 3 is 2.32 bits per heavy atom. The normalized spacial score (nSPS) is 18.0. The maximum Gasteiger partial charge on any atom is 0.253 e. The van der Waals surface area contributed by atoms with E-state index in [1.54, 1.807) is 29.6 Å². The van der Waals surface area contributed by atoms with E-state index in [0.29, 0.717) is 50.6 Å². The topological polar surface area (TPSA) is 130 Å². The Morgan fingerprint density at radius 2 is 1.61 bits per heavy atom. The van der Waals surface area contributed by atoms with Gasteiger partial charge in [0.2, 0.25) is 10.0 Å². The molecule has 2 N–H and O–H groups in total. The first-order chi connectivity index (χ1) is 18.5. The molecule has 2 heterocycles. The minimum atomic E-state index is -3.58. The Labute approximate surface area is 224 Å². The lowest BCUT2D eigenvalue weighted by Crippen LogP contribution is -2.48. The van der Waals surface area contributed by atoms with Gasteiger partial charge in [0.05, 0.1) is 25.0 Å². The van der Waals surface area contributed by atoms with Gasteiger partial charge in [0.15, 0.2) is 0 Å². The van der Waals surface area contributed by atoms with E-state index in [0.717, 1.165) is 57.8 Å². The molecule has 2 aromatic rings. The number of nitrogens with zero attached hydrogens (tertiary/aromatic N) is 3. The summed E-state index contributed by atoms with van der Waals surface area (Å²) >= 11 is 0. The summed E-state index contributed by atoms with van der Waals surface area (Å²) in [6.07, 6.45) is 12.0. The van der Waals surface area contributed by atoms with E-state index >= 15 is 0 Å². The van der Waals surface area contributed by atoms with Crippen molar-refractivity contribution in [3.05, 3.63) is 45.0 Å². The number of hydrogen-bond acceptors (Lipinski definition) is 10. The van der Waals surface area contributed by atoms with E-state index in [1.165, 1.54) is 4.47 Å². The van der Waals surface area contributed by atoms with Crippen molar-refractivity contribution in [2.45, 2.75) is 70.3 Å². The zero-order chi connectivity index (χ0) is 26.8. The predicted molar refractivity (Wildman–Crippen MR) is 146 cm³/mol. The molecule has 1 aromatic carbocycles. The van der Waals surface area contributed by atoms with Gasteiger partial charge < -0.3 is 15.4 Å². The van der Waals surface area contributed by atoms with Crippen LogP contribution in [-0.4, -0.2) is 67.6 Å². The fourth-order valence-corrected chi connectivity index (χ4v) is 6.49. The van der Waals surface area contributed by atoms with Gasteiger partial charge >= 0.3 is 0 Å². The van der Waals surface area contributed by atoms with Gasteiger partial charge in [0.25, 0.3) is 10.9 Å². The van der Waals surface area contributed by atoms with Crippen LogP contribution < -0.4 is 21.5 Å². The molecule has 12 heteroatoms. The number of nitrogens with one attached hydrogen (secondary N) is 2.